The van der Waals surface area contributed by atoms with E-state index in [-0.39, 0.29) is 28.2 Å². The van der Waals surface area contributed by atoms with Gasteiger partial charge in [0.05, 0.1) is 11.1 Å². The molecular weight excluding hydrogens is 256 g/mol. The molecule has 0 aromatic heterocycles. The van der Waals surface area contributed by atoms with E-state index < -0.39 is 11.6 Å². The molecule has 0 unspecified atom stereocenters. The molecule has 1 aromatic rings. The summed E-state index contributed by atoms with van der Waals surface area (Å²) in [5.41, 5.74) is 0.946. The number of hydrogen-bond donors (Lipinski definition) is 2. The Bertz CT molecular complexity index is 687. The van der Waals surface area contributed by atoms with Crippen LogP contribution >= 0.6 is 0 Å². The van der Waals surface area contributed by atoms with E-state index in [4.69, 9.17) is 0 Å². The molecule has 4 heteroatoms. The Morgan fingerprint density at radius 2 is 1.65 bits per heavy atom. The van der Waals surface area contributed by atoms with Crippen molar-refractivity contribution in [1.29, 1.82) is 0 Å². The van der Waals surface area contributed by atoms with Gasteiger partial charge in [-0.05, 0) is 32.1 Å². The smallest absolute Gasteiger partial charge is 0.197 e. The number of rotatable bonds is 2. The molecule has 0 aliphatic heterocycles. The molecular formula is C16H14O4. The number of phenolic OH excluding ortho intramolecular Hbond substituents is 2. The molecule has 0 fully saturated rings. The van der Waals surface area contributed by atoms with Crippen LogP contribution in [0.25, 0.3) is 0 Å². The third kappa shape index (κ3) is 2.40. The minimum absolute atomic E-state index is 0.144. The third-order valence-corrected chi connectivity index (χ3v) is 2.89. The van der Waals surface area contributed by atoms with Gasteiger partial charge in [0.1, 0.15) is 11.5 Å². The minimum atomic E-state index is -0.496. The number of ketones is 2. The molecule has 0 atom stereocenters. The molecule has 0 spiro atoms. The van der Waals surface area contributed by atoms with E-state index in [2.05, 4.69) is 0 Å². The number of phenols is 2. The zero-order chi connectivity index (χ0) is 14.9. The van der Waals surface area contributed by atoms with Crippen LogP contribution in [0.4, 0.5) is 0 Å². The zero-order valence-corrected chi connectivity index (χ0v) is 11.2. The SMILES string of the molecule is CC(C)=C/C=C\C1=CC(=O)c2c(O)ccc(O)c2C1=O. The fourth-order valence-corrected chi connectivity index (χ4v) is 1.95. The van der Waals surface area contributed by atoms with Crippen LogP contribution in [0.3, 0.4) is 0 Å². The summed E-state index contributed by atoms with van der Waals surface area (Å²) >= 11 is 0. The zero-order valence-electron chi connectivity index (χ0n) is 11.2. The molecule has 0 bridgehead atoms. The van der Waals surface area contributed by atoms with Crippen LogP contribution in [-0.2, 0) is 0 Å². The van der Waals surface area contributed by atoms with E-state index in [9.17, 15) is 19.8 Å². The topological polar surface area (TPSA) is 74.6 Å². The molecule has 4 nitrogen and oxygen atoms in total. The van der Waals surface area contributed by atoms with Crippen molar-refractivity contribution in [1.82, 2.24) is 0 Å². The van der Waals surface area contributed by atoms with Crippen LogP contribution in [0, 0.1) is 0 Å². The molecule has 0 saturated heterocycles. The van der Waals surface area contributed by atoms with Gasteiger partial charge >= 0.3 is 0 Å². The van der Waals surface area contributed by atoms with Gasteiger partial charge in [0.2, 0.25) is 0 Å². The molecule has 2 N–H and O–H groups in total. The Balaban J connectivity index is 2.51. The lowest BCUT2D eigenvalue weighted by atomic mass is 9.88. The Hall–Kier alpha value is -2.62. The third-order valence-electron chi connectivity index (χ3n) is 2.89. The molecule has 0 heterocycles. The number of benzene rings is 1. The first-order chi connectivity index (χ1) is 9.41. The second kappa shape index (κ2) is 5.17. The molecule has 0 amide bonds. The quantitative estimate of drug-likeness (QED) is 0.640. The highest BCUT2D eigenvalue weighted by Crippen LogP contribution is 2.34. The van der Waals surface area contributed by atoms with Gasteiger partial charge in [-0.25, -0.2) is 0 Å². The van der Waals surface area contributed by atoms with E-state index in [1.165, 1.54) is 24.3 Å². The second-order valence-electron chi connectivity index (χ2n) is 4.75. The summed E-state index contributed by atoms with van der Waals surface area (Å²) < 4.78 is 0. The predicted molar refractivity (Wildman–Crippen MR) is 75.1 cm³/mol. The molecule has 1 aliphatic rings. The van der Waals surface area contributed by atoms with Crippen LogP contribution < -0.4 is 0 Å². The Kier molecular flexibility index (Phi) is 3.57. The summed E-state index contributed by atoms with van der Waals surface area (Å²) in [7, 11) is 0. The summed E-state index contributed by atoms with van der Waals surface area (Å²) in [4.78, 5) is 24.2. The van der Waals surface area contributed by atoms with Gasteiger partial charge in [-0.3, -0.25) is 9.59 Å². The number of aromatic hydroxyl groups is 2. The maximum atomic E-state index is 12.2. The van der Waals surface area contributed by atoms with Gasteiger partial charge in [0, 0.05) is 5.57 Å². The highest BCUT2D eigenvalue weighted by atomic mass is 16.3. The van der Waals surface area contributed by atoms with Gasteiger partial charge < -0.3 is 10.2 Å². The molecule has 0 radical (unpaired) electrons. The van der Waals surface area contributed by atoms with Crippen molar-refractivity contribution in [3.63, 3.8) is 0 Å². The van der Waals surface area contributed by atoms with Crippen molar-refractivity contribution in [2.45, 2.75) is 13.8 Å². The van der Waals surface area contributed by atoms with Crippen LogP contribution in [0.15, 0.2) is 47.6 Å². The molecule has 1 aliphatic carbocycles. The first-order valence-electron chi connectivity index (χ1n) is 6.09. The summed E-state index contributed by atoms with van der Waals surface area (Å²) in [6, 6.07) is 2.39. The number of hydrogen-bond acceptors (Lipinski definition) is 4. The van der Waals surface area contributed by atoms with E-state index in [1.54, 1.807) is 12.2 Å². The average molecular weight is 270 g/mol. The van der Waals surface area contributed by atoms with Crippen molar-refractivity contribution in [3.05, 3.63) is 58.7 Å². The largest absolute Gasteiger partial charge is 0.507 e. The van der Waals surface area contributed by atoms with Gasteiger partial charge in [0.25, 0.3) is 0 Å². The maximum Gasteiger partial charge on any atom is 0.197 e. The second-order valence-corrected chi connectivity index (χ2v) is 4.75. The average Bonchev–Trinajstić information content (AvgIpc) is 2.37. The maximum absolute atomic E-state index is 12.2. The van der Waals surface area contributed by atoms with E-state index >= 15 is 0 Å². The number of allylic oxidation sites excluding steroid dienone is 6. The van der Waals surface area contributed by atoms with Crippen LogP contribution in [-0.4, -0.2) is 21.8 Å². The van der Waals surface area contributed by atoms with Crippen molar-refractivity contribution in [3.8, 4) is 11.5 Å². The monoisotopic (exact) mass is 270 g/mol. The summed E-state index contributed by atoms with van der Waals surface area (Å²) in [5, 5.41) is 19.4. The Morgan fingerprint density at radius 3 is 2.25 bits per heavy atom. The predicted octanol–water partition coefficient (Wildman–Crippen LogP) is 2.93. The van der Waals surface area contributed by atoms with Gasteiger partial charge in [-0.1, -0.05) is 23.8 Å². The molecule has 0 saturated carbocycles. The Morgan fingerprint density at radius 1 is 1.05 bits per heavy atom. The summed E-state index contributed by atoms with van der Waals surface area (Å²) in [5.74, 6) is -1.59. The van der Waals surface area contributed by atoms with E-state index in [1.807, 2.05) is 13.8 Å². The fraction of sp³-hybridized carbons (Fsp3) is 0.125. The van der Waals surface area contributed by atoms with Gasteiger partial charge in [0.15, 0.2) is 11.6 Å². The highest BCUT2D eigenvalue weighted by molar-refractivity contribution is 6.27. The highest BCUT2D eigenvalue weighted by Gasteiger charge is 2.29. The number of carbonyl (C=O) groups excluding carboxylic acids is 2. The van der Waals surface area contributed by atoms with Gasteiger partial charge in [-0.15, -0.1) is 0 Å². The minimum Gasteiger partial charge on any atom is -0.507 e. The molecule has 1 aromatic carbocycles. The molecule has 2 rings (SSSR count). The lowest BCUT2D eigenvalue weighted by molar-refractivity contribution is 0.0982. The van der Waals surface area contributed by atoms with Crippen molar-refractivity contribution >= 4 is 11.6 Å². The van der Waals surface area contributed by atoms with Crippen molar-refractivity contribution < 1.29 is 19.8 Å². The van der Waals surface area contributed by atoms with E-state index in [0.717, 1.165) is 5.57 Å². The van der Waals surface area contributed by atoms with E-state index in [0.29, 0.717) is 0 Å². The fourth-order valence-electron chi connectivity index (χ4n) is 1.95. The van der Waals surface area contributed by atoms with Crippen molar-refractivity contribution in [2.24, 2.45) is 0 Å². The van der Waals surface area contributed by atoms with Crippen LogP contribution in [0.1, 0.15) is 34.6 Å². The molecule has 20 heavy (non-hydrogen) atoms. The first-order valence-corrected chi connectivity index (χ1v) is 6.09. The number of carbonyl (C=O) groups is 2. The normalized spacial score (nSPS) is 14.2. The lowest BCUT2D eigenvalue weighted by Crippen LogP contribution is -2.16. The molecule has 102 valence electrons. The van der Waals surface area contributed by atoms with Gasteiger partial charge in [-0.2, -0.15) is 0 Å². The number of Topliss-reactive ketones (excluding diaryl/α,β-unsaturated/α-hetero) is 1. The lowest BCUT2D eigenvalue weighted by Gasteiger charge is -2.15. The summed E-state index contributed by atoms with van der Waals surface area (Å²) in [6.45, 7) is 3.82. The van der Waals surface area contributed by atoms with Crippen LogP contribution in [0.2, 0.25) is 0 Å². The van der Waals surface area contributed by atoms with Crippen molar-refractivity contribution in [2.75, 3.05) is 0 Å². The number of fused-ring (bicyclic) bond motifs is 1. The Labute approximate surface area is 116 Å². The first kappa shape index (κ1) is 13.8. The van der Waals surface area contributed by atoms with Crippen LogP contribution in [0.5, 0.6) is 11.5 Å². The summed E-state index contributed by atoms with van der Waals surface area (Å²) in [6.07, 6.45) is 6.15. The standard InChI is InChI=1S/C16H14O4/c1-9(2)4-3-5-10-8-13(19)14-11(17)6-7-12(18)15(14)16(10)20/h3-8,17-18H,1-2H3/b5-3-.